The van der Waals surface area contributed by atoms with Crippen LogP contribution in [0.1, 0.15) is 5.56 Å². The van der Waals surface area contributed by atoms with Crippen LogP contribution in [0, 0.1) is 0 Å². The van der Waals surface area contributed by atoms with Gasteiger partial charge in [0.15, 0.2) is 0 Å². The molecule has 108 valence electrons. The number of aliphatic hydroxyl groups excluding tert-OH is 1. The van der Waals surface area contributed by atoms with Crippen molar-refractivity contribution in [1.29, 1.82) is 0 Å². The third-order valence-corrected chi connectivity index (χ3v) is 4.09. The van der Waals surface area contributed by atoms with Crippen LogP contribution in [-0.2, 0) is 26.7 Å². The van der Waals surface area contributed by atoms with Crippen molar-refractivity contribution in [2.24, 2.45) is 0 Å². The molecular formula is C9H12O8S2. The maximum Gasteiger partial charge on any atom is 0.298 e. The van der Waals surface area contributed by atoms with Crippen LogP contribution in [0.15, 0.2) is 21.9 Å². The van der Waals surface area contributed by atoms with Crippen LogP contribution in [0.4, 0.5) is 0 Å². The molecule has 1 rings (SSSR count). The molecule has 3 N–H and O–H groups in total. The van der Waals surface area contributed by atoms with Gasteiger partial charge in [0.2, 0.25) is 0 Å². The summed E-state index contributed by atoms with van der Waals surface area (Å²) in [7, 11) is -8.30. The lowest BCUT2D eigenvalue weighted by molar-refractivity contribution is 0.298. The first-order chi connectivity index (χ1) is 8.61. The Morgan fingerprint density at radius 2 is 1.58 bits per heavy atom. The average molecular weight is 312 g/mol. The molecule has 10 heteroatoms. The van der Waals surface area contributed by atoms with Crippen LogP contribution >= 0.6 is 0 Å². The number of rotatable bonds is 5. The van der Waals surface area contributed by atoms with E-state index in [0.717, 1.165) is 13.2 Å². The van der Waals surface area contributed by atoms with Crippen molar-refractivity contribution in [3.63, 3.8) is 0 Å². The molecule has 0 amide bonds. The van der Waals surface area contributed by atoms with Gasteiger partial charge in [0.1, 0.15) is 10.6 Å². The summed E-state index contributed by atoms with van der Waals surface area (Å²) < 4.78 is 67.3. The minimum absolute atomic E-state index is 0.0331. The summed E-state index contributed by atoms with van der Waals surface area (Å²) in [5.41, 5.74) is -0.0331. The number of hydrogen-bond donors (Lipinski definition) is 3. The molecule has 0 heterocycles. The largest absolute Gasteiger partial charge is 0.495 e. The van der Waals surface area contributed by atoms with E-state index in [-0.39, 0.29) is 17.7 Å². The van der Waals surface area contributed by atoms with Crippen LogP contribution in [0.5, 0.6) is 5.75 Å². The summed E-state index contributed by atoms with van der Waals surface area (Å²) in [5, 5.41) is 8.82. The number of aliphatic hydroxyl groups is 1. The highest BCUT2D eigenvalue weighted by atomic mass is 32.2. The normalized spacial score (nSPS) is 12.4. The summed E-state index contributed by atoms with van der Waals surface area (Å²) in [6.45, 7) is -0.420. The van der Waals surface area contributed by atoms with Gasteiger partial charge in [-0.25, -0.2) is 0 Å². The predicted octanol–water partition coefficient (Wildman–Crippen LogP) is -0.277. The third-order valence-electron chi connectivity index (χ3n) is 2.28. The number of benzene rings is 1. The second-order valence-corrected chi connectivity index (χ2v) is 6.31. The van der Waals surface area contributed by atoms with E-state index in [1.165, 1.54) is 0 Å². The first-order valence-electron chi connectivity index (χ1n) is 4.88. The van der Waals surface area contributed by atoms with Crippen LogP contribution in [0.3, 0.4) is 0 Å². The molecule has 0 bridgehead atoms. The van der Waals surface area contributed by atoms with Crippen molar-refractivity contribution in [2.75, 3.05) is 13.7 Å². The molecule has 0 atom stereocenters. The first kappa shape index (κ1) is 15.9. The van der Waals surface area contributed by atoms with Gasteiger partial charge in [0.25, 0.3) is 20.2 Å². The van der Waals surface area contributed by atoms with Gasteiger partial charge in [-0.2, -0.15) is 16.8 Å². The SMILES string of the molecule is COc1cc(CCO)c(S(=O)(=O)O)cc1S(=O)(=O)O. The van der Waals surface area contributed by atoms with Gasteiger partial charge in [0, 0.05) is 6.61 Å². The molecule has 0 aliphatic heterocycles. The fraction of sp³-hybridized carbons (Fsp3) is 0.333. The molecule has 0 fully saturated rings. The molecular weight excluding hydrogens is 300 g/mol. The van der Waals surface area contributed by atoms with E-state index in [9.17, 15) is 16.8 Å². The zero-order chi connectivity index (χ0) is 14.8. The highest BCUT2D eigenvalue weighted by molar-refractivity contribution is 7.86. The van der Waals surface area contributed by atoms with Crippen LogP contribution < -0.4 is 4.74 Å². The Morgan fingerprint density at radius 3 is 1.95 bits per heavy atom. The molecule has 0 saturated heterocycles. The maximum absolute atomic E-state index is 11.2. The number of hydrogen-bond acceptors (Lipinski definition) is 6. The smallest absolute Gasteiger partial charge is 0.298 e. The second kappa shape index (κ2) is 5.43. The Bertz CT molecular complexity index is 674. The molecule has 1 aromatic rings. The molecule has 0 unspecified atom stereocenters. The van der Waals surface area contributed by atoms with Gasteiger partial charge in [-0.1, -0.05) is 0 Å². The van der Waals surface area contributed by atoms with Crippen molar-refractivity contribution in [3.8, 4) is 5.75 Å². The topological polar surface area (TPSA) is 138 Å². The quantitative estimate of drug-likeness (QED) is 0.631. The zero-order valence-corrected chi connectivity index (χ0v) is 11.4. The van der Waals surface area contributed by atoms with Crippen LogP contribution in [0.25, 0.3) is 0 Å². The highest BCUT2D eigenvalue weighted by Crippen LogP contribution is 2.30. The van der Waals surface area contributed by atoms with Crippen molar-refractivity contribution < 1.29 is 35.8 Å². The van der Waals surface area contributed by atoms with Gasteiger partial charge in [-0.05, 0) is 24.1 Å². The fourth-order valence-electron chi connectivity index (χ4n) is 1.50. The second-order valence-electron chi connectivity index (χ2n) is 3.53. The first-order valence-corrected chi connectivity index (χ1v) is 7.76. The van der Waals surface area contributed by atoms with Gasteiger partial charge in [-0.15, -0.1) is 0 Å². The summed E-state index contributed by atoms with van der Waals surface area (Å²) >= 11 is 0. The lowest BCUT2D eigenvalue weighted by atomic mass is 10.1. The van der Waals surface area contributed by atoms with Crippen molar-refractivity contribution in [3.05, 3.63) is 17.7 Å². The van der Waals surface area contributed by atoms with E-state index >= 15 is 0 Å². The molecule has 0 aromatic heterocycles. The summed E-state index contributed by atoms with van der Waals surface area (Å²) in [6.07, 6.45) is -0.142. The molecule has 0 aliphatic rings. The molecule has 0 aliphatic carbocycles. The molecule has 0 radical (unpaired) electrons. The molecule has 0 spiro atoms. The Hall–Kier alpha value is -1.20. The Labute approximate surface area is 110 Å². The van der Waals surface area contributed by atoms with Gasteiger partial charge < -0.3 is 9.84 Å². The molecule has 0 saturated carbocycles. The summed E-state index contributed by atoms with van der Waals surface area (Å²) in [6, 6.07) is 1.59. The standard InChI is InChI=1S/C9H12O8S2/c1-17-7-4-6(2-3-10)8(18(11,12)13)5-9(7)19(14,15)16/h4-5,10H,2-3H2,1H3,(H,11,12,13)(H,14,15,16). The van der Waals surface area contributed by atoms with E-state index in [1.54, 1.807) is 0 Å². The molecule has 19 heavy (non-hydrogen) atoms. The summed E-state index contributed by atoms with van der Waals surface area (Å²) in [5.74, 6) is -0.293. The lowest BCUT2D eigenvalue weighted by Gasteiger charge is -2.12. The van der Waals surface area contributed by atoms with Gasteiger partial charge >= 0.3 is 0 Å². The maximum atomic E-state index is 11.2. The van der Waals surface area contributed by atoms with E-state index < -0.39 is 36.6 Å². The van der Waals surface area contributed by atoms with E-state index in [0.29, 0.717) is 6.07 Å². The summed E-state index contributed by atoms with van der Waals surface area (Å²) in [4.78, 5) is -1.50. The van der Waals surface area contributed by atoms with Crippen molar-refractivity contribution in [1.82, 2.24) is 0 Å². The van der Waals surface area contributed by atoms with Crippen LogP contribution in [-0.4, -0.2) is 44.8 Å². The molecule has 8 nitrogen and oxygen atoms in total. The fourth-order valence-corrected chi connectivity index (χ4v) is 3.00. The minimum atomic E-state index is -4.72. The molecule has 1 aromatic carbocycles. The van der Waals surface area contributed by atoms with E-state index in [1.807, 2.05) is 0 Å². The van der Waals surface area contributed by atoms with Gasteiger partial charge in [-0.3, -0.25) is 9.11 Å². The number of methoxy groups -OCH3 is 1. The monoisotopic (exact) mass is 312 g/mol. The van der Waals surface area contributed by atoms with Crippen molar-refractivity contribution >= 4 is 20.2 Å². The highest BCUT2D eigenvalue weighted by Gasteiger charge is 2.24. The van der Waals surface area contributed by atoms with Crippen LogP contribution in [0.2, 0.25) is 0 Å². The predicted molar refractivity (Wildman–Crippen MR) is 63.4 cm³/mol. The van der Waals surface area contributed by atoms with Crippen molar-refractivity contribution in [2.45, 2.75) is 16.2 Å². The minimum Gasteiger partial charge on any atom is -0.495 e. The Morgan fingerprint density at radius 1 is 1.05 bits per heavy atom. The third kappa shape index (κ3) is 3.64. The zero-order valence-electron chi connectivity index (χ0n) is 9.77. The Balaban J connectivity index is 3.72. The van der Waals surface area contributed by atoms with E-state index in [4.69, 9.17) is 18.9 Å². The Kier molecular flexibility index (Phi) is 4.53. The average Bonchev–Trinajstić information content (AvgIpc) is 2.25. The number of ether oxygens (including phenoxy) is 1. The van der Waals surface area contributed by atoms with Gasteiger partial charge in [0.05, 0.1) is 12.0 Å². The van der Waals surface area contributed by atoms with E-state index in [2.05, 4.69) is 0 Å². The lowest BCUT2D eigenvalue weighted by Crippen LogP contribution is -2.09.